The summed E-state index contributed by atoms with van der Waals surface area (Å²) in [7, 11) is 1.35. The zero-order valence-electron chi connectivity index (χ0n) is 13.8. The average Bonchev–Trinajstić information content (AvgIpc) is 2.57. The second-order valence-electron chi connectivity index (χ2n) is 5.72. The summed E-state index contributed by atoms with van der Waals surface area (Å²) < 4.78 is 4.81. The van der Waals surface area contributed by atoms with Crippen LogP contribution in [-0.4, -0.2) is 18.9 Å². The molecule has 0 spiro atoms. The highest BCUT2D eigenvalue weighted by Gasteiger charge is 2.27. The number of ketones is 1. The molecule has 1 rings (SSSR count). The normalized spacial score (nSPS) is 11.9. The molecular formula is C19H28O3. The monoisotopic (exact) mass is 304 g/mol. The molecule has 0 heterocycles. The van der Waals surface area contributed by atoms with Crippen LogP contribution in [0.5, 0.6) is 0 Å². The van der Waals surface area contributed by atoms with E-state index >= 15 is 0 Å². The van der Waals surface area contributed by atoms with Crippen molar-refractivity contribution in [2.45, 2.75) is 58.3 Å². The third kappa shape index (κ3) is 6.42. The Morgan fingerprint density at radius 2 is 1.55 bits per heavy atom. The Labute approximate surface area is 134 Å². The number of hydrogen-bond acceptors (Lipinski definition) is 3. The lowest BCUT2D eigenvalue weighted by atomic mass is 9.92. The summed E-state index contributed by atoms with van der Waals surface area (Å²) >= 11 is 0. The van der Waals surface area contributed by atoms with Crippen LogP contribution in [0.3, 0.4) is 0 Å². The van der Waals surface area contributed by atoms with Crippen LogP contribution in [0.4, 0.5) is 0 Å². The molecule has 22 heavy (non-hydrogen) atoms. The van der Waals surface area contributed by atoms with Gasteiger partial charge in [0.25, 0.3) is 0 Å². The lowest BCUT2D eigenvalue weighted by Gasteiger charge is -2.13. The Bertz CT molecular complexity index is 439. The van der Waals surface area contributed by atoms with E-state index in [4.69, 9.17) is 4.74 Å². The van der Waals surface area contributed by atoms with Gasteiger partial charge in [-0.3, -0.25) is 9.59 Å². The van der Waals surface area contributed by atoms with Gasteiger partial charge >= 0.3 is 5.97 Å². The van der Waals surface area contributed by atoms with Crippen molar-refractivity contribution < 1.29 is 14.3 Å². The average molecular weight is 304 g/mol. The van der Waals surface area contributed by atoms with E-state index in [1.54, 1.807) is 12.1 Å². The largest absolute Gasteiger partial charge is 0.468 e. The quantitative estimate of drug-likeness (QED) is 0.255. The number of benzene rings is 1. The fourth-order valence-electron chi connectivity index (χ4n) is 2.61. The van der Waals surface area contributed by atoms with E-state index in [0.29, 0.717) is 12.0 Å². The van der Waals surface area contributed by atoms with Gasteiger partial charge in [-0.15, -0.1) is 0 Å². The lowest BCUT2D eigenvalue weighted by molar-refractivity contribution is -0.143. The standard InChI is InChI=1S/C19H28O3/c1-3-4-5-6-7-8-12-15-17(19(21)22-2)18(20)16-13-10-9-11-14-16/h9-11,13-14,17H,3-8,12,15H2,1-2H3. The summed E-state index contributed by atoms with van der Waals surface area (Å²) in [6.07, 6.45) is 8.77. The highest BCUT2D eigenvalue weighted by atomic mass is 16.5. The maximum absolute atomic E-state index is 12.4. The molecular weight excluding hydrogens is 276 g/mol. The third-order valence-corrected chi connectivity index (χ3v) is 3.96. The van der Waals surface area contributed by atoms with Gasteiger partial charge in [0.05, 0.1) is 7.11 Å². The Hall–Kier alpha value is -1.64. The summed E-state index contributed by atoms with van der Waals surface area (Å²) in [6, 6.07) is 9.00. The molecule has 0 radical (unpaired) electrons. The molecule has 1 aromatic carbocycles. The maximum Gasteiger partial charge on any atom is 0.316 e. The SMILES string of the molecule is CCCCCCCCCC(C(=O)OC)C(=O)c1ccccc1. The van der Waals surface area contributed by atoms with Crippen LogP contribution >= 0.6 is 0 Å². The van der Waals surface area contributed by atoms with Crippen LogP contribution in [0.15, 0.2) is 30.3 Å². The van der Waals surface area contributed by atoms with E-state index < -0.39 is 11.9 Å². The van der Waals surface area contributed by atoms with Gasteiger partial charge in [-0.05, 0) is 6.42 Å². The molecule has 122 valence electrons. The van der Waals surface area contributed by atoms with Gasteiger partial charge in [0.2, 0.25) is 0 Å². The molecule has 0 aliphatic rings. The number of ether oxygens (including phenoxy) is 1. The van der Waals surface area contributed by atoms with E-state index in [2.05, 4.69) is 6.92 Å². The molecule has 0 N–H and O–H groups in total. The highest BCUT2D eigenvalue weighted by Crippen LogP contribution is 2.18. The Balaban J connectivity index is 2.45. The summed E-state index contributed by atoms with van der Waals surface area (Å²) in [5.41, 5.74) is 0.584. The summed E-state index contributed by atoms with van der Waals surface area (Å²) in [6.45, 7) is 2.20. The van der Waals surface area contributed by atoms with Gasteiger partial charge in [0.15, 0.2) is 5.78 Å². The number of methoxy groups -OCH3 is 1. The molecule has 0 bridgehead atoms. The second-order valence-corrected chi connectivity index (χ2v) is 5.72. The van der Waals surface area contributed by atoms with E-state index in [9.17, 15) is 9.59 Å². The maximum atomic E-state index is 12.4. The molecule has 3 nitrogen and oxygen atoms in total. The zero-order valence-corrected chi connectivity index (χ0v) is 13.8. The number of hydrogen-bond donors (Lipinski definition) is 0. The Kier molecular flexibility index (Phi) is 9.20. The fourth-order valence-corrected chi connectivity index (χ4v) is 2.61. The summed E-state index contributed by atoms with van der Waals surface area (Å²) in [4.78, 5) is 24.3. The smallest absolute Gasteiger partial charge is 0.316 e. The number of unbranched alkanes of at least 4 members (excludes halogenated alkanes) is 6. The van der Waals surface area contributed by atoms with Crippen LogP contribution in [0.2, 0.25) is 0 Å². The molecule has 0 aromatic heterocycles. The summed E-state index contributed by atoms with van der Waals surface area (Å²) in [5.74, 6) is -1.21. The van der Waals surface area contributed by atoms with Crippen molar-refractivity contribution in [2.75, 3.05) is 7.11 Å². The molecule has 0 aliphatic carbocycles. The molecule has 0 saturated heterocycles. The molecule has 1 aromatic rings. The van der Waals surface area contributed by atoms with Crippen molar-refractivity contribution in [3.05, 3.63) is 35.9 Å². The van der Waals surface area contributed by atoms with Crippen LogP contribution in [-0.2, 0) is 9.53 Å². The Morgan fingerprint density at radius 1 is 0.955 bits per heavy atom. The van der Waals surface area contributed by atoms with Gasteiger partial charge in [-0.2, -0.15) is 0 Å². The molecule has 1 unspecified atom stereocenters. The van der Waals surface area contributed by atoms with E-state index in [1.165, 1.54) is 39.2 Å². The Morgan fingerprint density at radius 3 is 2.14 bits per heavy atom. The zero-order chi connectivity index (χ0) is 16.2. The number of carbonyl (C=O) groups excluding carboxylic acids is 2. The topological polar surface area (TPSA) is 43.4 Å². The van der Waals surface area contributed by atoms with Crippen LogP contribution in [0, 0.1) is 5.92 Å². The van der Waals surface area contributed by atoms with Crippen molar-refractivity contribution in [2.24, 2.45) is 5.92 Å². The third-order valence-electron chi connectivity index (χ3n) is 3.96. The van der Waals surface area contributed by atoms with Crippen LogP contribution in [0.1, 0.15) is 68.6 Å². The first-order valence-corrected chi connectivity index (χ1v) is 8.37. The minimum absolute atomic E-state index is 0.126. The molecule has 1 atom stereocenters. The first-order chi connectivity index (χ1) is 10.7. The minimum Gasteiger partial charge on any atom is -0.468 e. The predicted octanol–water partition coefficient (Wildman–Crippen LogP) is 4.80. The highest BCUT2D eigenvalue weighted by molar-refractivity contribution is 6.08. The first-order valence-electron chi connectivity index (χ1n) is 8.37. The van der Waals surface area contributed by atoms with E-state index in [-0.39, 0.29) is 5.78 Å². The van der Waals surface area contributed by atoms with Crippen molar-refractivity contribution in [1.29, 1.82) is 0 Å². The lowest BCUT2D eigenvalue weighted by Crippen LogP contribution is -2.25. The fraction of sp³-hybridized carbons (Fsp3) is 0.579. The molecule has 0 aliphatic heterocycles. The van der Waals surface area contributed by atoms with Crippen LogP contribution in [0.25, 0.3) is 0 Å². The van der Waals surface area contributed by atoms with Gasteiger partial charge in [0, 0.05) is 5.56 Å². The predicted molar refractivity (Wildman–Crippen MR) is 88.9 cm³/mol. The molecule has 0 fully saturated rings. The molecule has 0 saturated carbocycles. The number of Topliss-reactive ketones (excluding diaryl/α,β-unsaturated/α-hetero) is 1. The van der Waals surface area contributed by atoms with Crippen molar-refractivity contribution in [3.63, 3.8) is 0 Å². The minimum atomic E-state index is -0.664. The van der Waals surface area contributed by atoms with E-state index in [0.717, 1.165) is 12.8 Å². The molecule has 0 amide bonds. The number of esters is 1. The second kappa shape index (κ2) is 11.0. The summed E-state index contributed by atoms with van der Waals surface area (Å²) in [5, 5.41) is 0. The number of carbonyl (C=O) groups is 2. The van der Waals surface area contributed by atoms with Crippen molar-refractivity contribution >= 4 is 11.8 Å². The van der Waals surface area contributed by atoms with Crippen molar-refractivity contribution in [1.82, 2.24) is 0 Å². The van der Waals surface area contributed by atoms with Gasteiger partial charge in [-0.25, -0.2) is 0 Å². The van der Waals surface area contributed by atoms with Gasteiger partial charge < -0.3 is 4.74 Å². The van der Waals surface area contributed by atoms with E-state index in [1.807, 2.05) is 18.2 Å². The first kappa shape index (κ1) is 18.4. The van der Waals surface area contributed by atoms with Gasteiger partial charge in [-0.1, -0.05) is 82.2 Å². The number of rotatable bonds is 11. The van der Waals surface area contributed by atoms with Crippen molar-refractivity contribution in [3.8, 4) is 0 Å². The van der Waals surface area contributed by atoms with Gasteiger partial charge in [0.1, 0.15) is 5.92 Å². The molecule has 3 heteroatoms. The van der Waals surface area contributed by atoms with Crippen LogP contribution < -0.4 is 0 Å².